The van der Waals surface area contributed by atoms with Crippen LogP contribution < -0.4 is 10.0 Å². The van der Waals surface area contributed by atoms with Crippen molar-refractivity contribution in [3.8, 4) is 0 Å². The smallest absolute Gasteiger partial charge is 0.240 e. The molecule has 0 atom stereocenters. The summed E-state index contributed by atoms with van der Waals surface area (Å²) in [6.45, 7) is 4.83. The molecular formula is C15H19N3O2S. The van der Waals surface area contributed by atoms with Crippen molar-refractivity contribution in [2.45, 2.75) is 25.3 Å². The summed E-state index contributed by atoms with van der Waals surface area (Å²) in [6, 6.07) is 12.2. The number of nitrogens with zero attached hydrogens (tertiary/aromatic N) is 1. The molecular weight excluding hydrogens is 286 g/mol. The monoisotopic (exact) mass is 305 g/mol. The SMILES string of the molecule is CCNc1ccc(S(=O)(=O)NCc2cccc(C)n2)cc1. The van der Waals surface area contributed by atoms with Gasteiger partial charge in [0.1, 0.15) is 0 Å². The Balaban J connectivity index is 2.07. The molecule has 1 heterocycles. The van der Waals surface area contributed by atoms with Gasteiger partial charge in [0.05, 0.1) is 17.1 Å². The second-order valence-electron chi connectivity index (χ2n) is 4.65. The summed E-state index contributed by atoms with van der Waals surface area (Å²) in [7, 11) is -3.52. The Morgan fingerprint density at radius 3 is 2.43 bits per heavy atom. The predicted octanol–water partition coefficient (Wildman–Crippen LogP) is 2.30. The van der Waals surface area contributed by atoms with Gasteiger partial charge >= 0.3 is 0 Å². The summed E-state index contributed by atoms with van der Waals surface area (Å²) >= 11 is 0. The van der Waals surface area contributed by atoms with Crippen molar-refractivity contribution in [3.63, 3.8) is 0 Å². The molecule has 0 aliphatic rings. The van der Waals surface area contributed by atoms with Crippen LogP contribution in [-0.4, -0.2) is 19.9 Å². The minimum absolute atomic E-state index is 0.180. The molecule has 0 saturated carbocycles. The first-order chi connectivity index (χ1) is 10.0. The molecule has 0 radical (unpaired) electrons. The first kappa shape index (κ1) is 15.5. The van der Waals surface area contributed by atoms with Crippen molar-refractivity contribution in [1.29, 1.82) is 0 Å². The zero-order valence-corrected chi connectivity index (χ0v) is 12.9. The number of sulfonamides is 1. The Morgan fingerprint density at radius 1 is 1.10 bits per heavy atom. The molecule has 0 spiro atoms. The molecule has 2 rings (SSSR count). The maximum Gasteiger partial charge on any atom is 0.240 e. The molecule has 6 heteroatoms. The zero-order chi connectivity index (χ0) is 15.3. The minimum atomic E-state index is -3.52. The largest absolute Gasteiger partial charge is 0.385 e. The van der Waals surface area contributed by atoms with Crippen molar-refractivity contribution < 1.29 is 8.42 Å². The van der Waals surface area contributed by atoms with Crippen LogP contribution in [0.4, 0.5) is 5.69 Å². The Labute approximate surface area is 125 Å². The van der Waals surface area contributed by atoms with Gasteiger partial charge < -0.3 is 5.32 Å². The van der Waals surface area contributed by atoms with Gasteiger partial charge in [-0.15, -0.1) is 0 Å². The van der Waals surface area contributed by atoms with E-state index in [1.807, 2.05) is 26.0 Å². The first-order valence-electron chi connectivity index (χ1n) is 6.77. The fraction of sp³-hybridized carbons (Fsp3) is 0.267. The summed E-state index contributed by atoms with van der Waals surface area (Å²) in [5.74, 6) is 0. The van der Waals surface area contributed by atoms with Gasteiger partial charge in [-0.2, -0.15) is 0 Å². The second kappa shape index (κ2) is 6.69. The Hall–Kier alpha value is -1.92. The lowest BCUT2D eigenvalue weighted by Crippen LogP contribution is -2.23. The Bertz CT molecular complexity index is 697. The highest BCUT2D eigenvalue weighted by Gasteiger charge is 2.13. The average Bonchev–Trinajstić information content (AvgIpc) is 2.46. The summed E-state index contributed by atoms with van der Waals surface area (Å²) < 4.78 is 27.0. The average molecular weight is 305 g/mol. The van der Waals surface area contributed by atoms with Crippen molar-refractivity contribution in [2.75, 3.05) is 11.9 Å². The minimum Gasteiger partial charge on any atom is -0.385 e. The molecule has 5 nitrogen and oxygen atoms in total. The highest BCUT2D eigenvalue weighted by Crippen LogP contribution is 2.14. The number of pyridine rings is 1. The third kappa shape index (κ3) is 4.27. The van der Waals surface area contributed by atoms with E-state index in [1.165, 1.54) is 0 Å². The highest BCUT2D eigenvalue weighted by molar-refractivity contribution is 7.89. The number of hydrogen-bond donors (Lipinski definition) is 2. The van der Waals surface area contributed by atoms with Crippen LogP contribution >= 0.6 is 0 Å². The molecule has 2 N–H and O–H groups in total. The number of nitrogens with one attached hydrogen (secondary N) is 2. The van der Waals surface area contributed by atoms with Crippen molar-refractivity contribution in [2.24, 2.45) is 0 Å². The fourth-order valence-electron chi connectivity index (χ4n) is 1.91. The summed E-state index contributed by atoms with van der Waals surface area (Å²) in [4.78, 5) is 4.52. The van der Waals surface area contributed by atoms with Crippen LogP contribution in [0.25, 0.3) is 0 Å². The van der Waals surface area contributed by atoms with Crippen molar-refractivity contribution in [1.82, 2.24) is 9.71 Å². The van der Waals surface area contributed by atoms with E-state index >= 15 is 0 Å². The standard InChI is InChI=1S/C15H19N3O2S/c1-3-16-13-7-9-15(10-8-13)21(19,20)17-11-14-6-4-5-12(2)18-14/h4-10,16-17H,3,11H2,1-2H3. The molecule has 0 saturated heterocycles. The third-order valence-electron chi connectivity index (χ3n) is 2.93. The summed E-state index contributed by atoms with van der Waals surface area (Å²) in [5, 5.41) is 3.13. The van der Waals surface area contributed by atoms with Crippen molar-refractivity contribution in [3.05, 3.63) is 53.9 Å². The van der Waals surface area contributed by atoms with Gasteiger partial charge in [-0.1, -0.05) is 6.07 Å². The van der Waals surface area contributed by atoms with Gasteiger partial charge in [-0.3, -0.25) is 4.98 Å². The fourth-order valence-corrected chi connectivity index (χ4v) is 2.91. The van der Waals surface area contributed by atoms with E-state index in [0.29, 0.717) is 5.69 Å². The van der Waals surface area contributed by atoms with Crippen LogP contribution in [0.15, 0.2) is 47.4 Å². The highest BCUT2D eigenvalue weighted by atomic mass is 32.2. The van der Waals surface area contributed by atoms with E-state index < -0.39 is 10.0 Å². The first-order valence-corrected chi connectivity index (χ1v) is 8.26. The van der Waals surface area contributed by atoms with E-state index in [9.17, 15) is 8.42 Å². The van der Waals surface area contributed by atoms with Crippen LogP contribution in [0.1, 0.15) is 18.3 Å². The Morgan fingerprint density at radius 2 is 1.81 bits per heavy atom. The van der Waals surface area contributed by atoms with Crippen molar-refractivity contribution >= 4 is 15.7 Å². The maximum absolute atomic E-state index is 12.2. The third-order valence-corrected chi connectivity index (χ3v) is 4.35. The van der Waals surface area contributed by atoms with Crippen LogP contribution in [0, 0.1) is 6.92 Å². The van der Waals surface area contributed by atoms with Gasteiger partial charge in [0, 0.05) is 17.9 Å². The van der Waals surface area contributed by atoms with E-state index in [-0.39, 0.29) is 11.4 Å². The predicted molar refractivity (Wildman–Crippen MR) is 83.6 cm³/mol. The summed E-state index contributed by atoms with van der Waals surface area (Å²) in [6.07, 6.45) is 0. The number of hydrogen-bond acceptors (Lipinski definition) is 4. The molecule has 0 aliphatic heterocycles. The lowest BCUT2D eigenvalue weighted by molar-refractivity contribution is 0.580. The molecule has 0 amide bonds. The number of benzene rings is 1. The van der Waals surface area contributed by atoms with Crippen LogP contribution in [-0.2, 0) is 16.6 Å². The van der Waals surface area contributed by atoms with Gasteiger partial charge in [0.2, 0.25) is 10.0 Å². The molecule has 1 aromatic carbocycles. The maximum atomic E-state index is 12.2. The number of rotatable bonds is 6. The number of aromatic nitrogens is 1. The molecule has 112 valence electrons. The number of anilines is 1. The van der Waals surface area contributed by atoms with Gasteiger partial charge in [-0.05, 0) is 50.2 Å². The normalized spacial score (nSPS) is 11.3. The topological polar surface area (TPSA) is 71.1 Å². The lowest BCUT2D eigenvalue weighted by Gasteiger charge is -2.08. The van der Waals surface area contributed by atoms with Gasteiger partial charge in [-0.25, -0.2) is 13.1 Å². The van der Waals surface area contributed by atoms with E-state index in [1.54, 1.807) is 30.3 Å². The van der Waals surface area contributed by atoms with Crippen LogP contribution in [0.2, 0.25) is 0 Å². The Kier molecular flexibility index (Phi) is 4.93. The molecule has 2 aromatic rings. The molecule has 0 bridgehead atoms. The summed E-state index contributed by atoms with van der Waals surface area (Å²) in [5.41, 5.74) is 2.46. The van der Waals surface area contributed by atoms with Crippen LogP contribution in [0.5, 0.6) is 0 Å². The zero-order valence-electron chi connectivity index (χ0n) is 12.1. The molecule has 21 heavy (non-hydrogen) atoms. The molecule has 0 fully saturated rings. The second-order valence-corrected chi connectivity index (χ2v) is 6.42. The van der Waals surface area contributed by atoms with Gasteiger partial charge in [0.15, 0.2) is 0 Å². The van der Waals surface area contributed by atoms with Crippen LogP contribution in [0.3, 0.4) is 0 Å². The van der Waals surface area contributed by atoms with E-state index in [0.717, 1.165) is 17.9 Å². The lowest BCUT2D eigenvalue weighted by atomic mass is 10.3. The molecule has 0 unspecified atom stereocenters. The number of aryl methyl sites for hydroxylation is 1. The quantitative estimate of drug-likeness (QED) is 0.859. The molecule has 1 aromatic heterocycles. The van der Waals surface area contributed by atoms with Gasteiger partial charge in [0.25, 0.3) is 0 Å². The van der Waals surface area contributed by atoms with E-state index in [2.05, 4.69) is 15.0 Å². The van der Waals surface area contributed by atoms with E-state index in [4.69, 9.17) is 0 Å². The molecule has 0 aliphatic carbocycles.